The number of halogens is 4. The number of hydrogen-bond acceptors (Lipinski definition) is 7. The molecule has 0 amide bonds. The van der Waals surface area contributed by atoms with Crippen LogP contribution in [0.5, 0.6) is 5.75 Å². The average molecular weight is 479 g/mol. The Morgan fingerprint density at radius 3 is 2.72 bits per heavy atom. The van der Waals surface area contributed by atoms with Crippen molar-refractivity contribution >= 4 is 10.0 Å². The summed E-state index contributed by atoms with van der Waals surface area (Å²) >= 11 is 0. The maximum Gasteiger partial charge on any atom is 0.573 e. The molecule has 0 radical (unpaired) electrons. The third-order valence-corrected chi connectivity index (χ3v) is 6.24. The number of H-pyrrole nitrogens is 1. The Kier molecular flexibility index (Phi) is 7.48. The SMILES string of the molecule is C=CS(=O)(=O)N1CCN(Cc2ccc(OC(F)(F)F)c(F)c2)C(COCc2cn[nH]n2)C1. The fourth-order valence-corrected chi connectivity index (χ4v) is 4.17. The van der Waals surface area contributed by atoms with Gasteiger partial charge in [-0.1, -0.05) is 12.6 Å². The van der Waals surface area contributed by atoms with E-state index in [9.17, 15) is 26.0 Å². The Hall–Kier alpha value is -2.55. The van der Waals surface area contributed by atoms with Crippen LogP contribution in [0.25, 0.3) is 0 Å². The van der Waals surface area contributed by atoms with Crippen molar-refractivity contribution in [2.45, 2.75) is 25.6 Å². The van der Waals surface area contributed by atoms with Crippen molar-refractivity contribution in [1.82, 2.24) is 24.6 Å². The molecular formula is C18H21F4N5O4S. The van der Waals surface area contributed by atoms with E-state index >= 15 is 0 Å². The van der Waals surface area contributed by atoms with Crippen molar-refractivity contribution in [2.75, 3.05) is 26.2 Å². The van der Waals surface area contributed by atoms with E-state index in [1.807, 2.05) is 4.90 Å². The largest absolute Gasteiger partial charge is 0.573 e. The number of alkyl halides is 3. The van der Waals surface area contributed by atoms with Crippen LogP contribution in [0.3, 0.4) is 0 Å². The standard InChI is InChI=1S/C18H21F4N5O4S/c1-2-32(28,29)27-6-5-26(15(10-27)12-30-11-14-8-23-25-24-14)9-13-3-4-17(16(19)7-13)31-18(20,21)22/h2-4,7-8,15H,1,5-6,9-12H2,(H,23,24,25). The number of nitrogens with one attached hydrogen (secondary N) is 1. The van der Waals surface area contributed by atoms with Crippen LogP contribution in [0.1, 0.15) is 11.3 Å². The van der Waals surface area contributed by atoms with Crippen molar-refractivity contribution in [2.24, 2.45) is 0 Å². The predicted molar refractivity (Wildman–Crippen MR) is 104 cm³/mol. The molecule has 3 rings (SSSR count). The first-order chi connectivity index (χ1) is 15.1. The van der Waals surface area contributed by atoms with Gasteiger partial charge in [0, 0.05) is 37.6 Å². The van der Waals surface area contributed by atoms with E-state index < -0.39 is 34.0 Å². The minimum atomic E-state index is -5.00. The van der Waals surface area contributed by atoms with E-state index in [1.165, 1.54) is 16.6 Å². The summed E-state index contributed by atoms with van der Waals surface area (Å²) in [5.41, 5.74) is 0.962. The predicted octanol–water partition coefficient (Wildman–Crippen LogP) is 2.02. The summed E-state index contributed by atoms with van der Waals surface area (Å²) < 4.78 is 86.1. The first kappa shape index (κ1) is 24.1. The third kappa shape index (κ3) is 6.48. The lowest BCUT2D eigenvalue weighted by molar-refractivity contribution is -0.275. The van der Waals surface area contributed by atoms with E-state index in [0.717, 1.165) is 17.5 Å². The molecule has 0 aliphatic carbocycles. The Balaban J connectivity index is 1.70. The van der Waals surface area contributed by atoms with Crippen LogP contribution in [0, 0.1) is 5.82 Å². The Morgan fingerprint density at radius 1 is 1.31 bits per heavy atom. The molecule has 2 heterocycles. The Labute approximate surface area is 181 Å². The van der Waals surface area contributed by atoms with Crippen LogP contribution in [-0.4, -0.2) is 71.7 Å². The summed E-state index contributed by atoms with van der Waals surface area (Å²) in [5, 5.41) is 10.9. The quantitative estimate of drug-likeness (QED) is 0.549. The van der Waals surface area contributed by atoms with E-state index in [0.29, 0.717) is 17.8 Å². The van der Waals surface area contributed by atoms with Crippen molar-refractivity contribution in [3.8, 4) is 5.75 Å². The van der Waals surface area contributed by atoms with Gasteiger partial charge in [-0.05, 0) is 17.7 Å². The van der Waals surface area contributed by atoms with Gasteiger partial charge in [-0.25, -0.2) is 12.8 Å². The number of hydrogen-bond donors (Lipinski definition) is 1. The fourth-order valence-electron chi connectivity index (χ4n) is 3.25. The van der Waals surface area contributed by atoms with E-state index in [-0.39, 0.29) is 32.8 Å². The van der Waals surface area contributed by atoms with E-state index in [4.69, 9.17) is 4.74 Å². The molecule has 1 atom stereocenters. The molecule has 9 nitrogen and oxygen atoms in total. The van der Waals surface area contributed by atoms with Gasteiger partial charge in [-0.15, -0.1) is 13.2 Å². The molecule has 1 aliphatic heterocycles. The fraction of sp³-hybridized carbons (Fsp3) is 0.444. The van der Waals surface area contributed by atoms with Gasteiger partial charge in [0.1, 0.15) is 5.69 Å². The highest BCUT2D eigenvalue weighted by atomic mass is 32.2. The topological polar surface area (TPSA) is 101 Å². The smallest absolute Gasteiger partial charge is 0.403 e. The molecule has 0 saturated carbocycles. The minimum Gasteiger partial charge on any atom is -0.403 e. The average Bonchev–Trinajstić information content (AvgIpc) is 3.23. The van der Waals surface area contributed by atoms with Crippen LogP contribution >= 0.6 is 0 Å². The lowest BCUT2D eigenvalue weighted by Gasteiger charge is -2.40. The molecule has 1 saturated heterocycles. The number of aromatic amines is 1. The number of benzene rings is 1. The summed E-state index contributed by atoms with van der Waals surface area (Å²) in [4.78, 5) is 1.87. The number of nitrogens with zero attached hydrogens (tertiary/aromatic N) is 4. The number of ether oxygens (including phenoxy) is 2. The van der Waals surface area contributed by atoms with Gasteiger partial charge in [0.25, 0.3) is 0 Å². The van der Waals surface area contributed by atoms with Crippen LogP contribution in [0.4, 0.5) is 17.6 Å². The molecule has 1 fully saturated rings. The maximum absolute atomic E-state index is 14.1. The van der Waals surface area contributed by atoms with Gasteiger partial charge < -0.3 is 9.47 Å². The summed E-state index contributed by atoms with van der Waals surface area (Å²) in [6.45, 7) is 4.35. The number of sulfonamides is 1. The molecule has 1 unspecified atom stereocenters. The molecule has 0 bridgehead atoms. The summed E-state index contributed by atoms with van der Waals surface area (Å²) in [6, 6.07) is 2.79. The molecule has 176 valence electrons. The second-order valence-corrected chi connectivity index (χ2v) is 8.86. The van der Waals surface area contributed by atoms with Gasteiger partial charge in [0.2, 0.25) is 10.0 Å². The molecule has 14 heteroatoms. The van der Waals surface area contributed by atoms with Crippen LogP contribution in [0.2, 0.25) is 0 Å². The van der Waals surface area contributed by atoms with Gasteiger partial charge in [0.15, 0.2) is 11.6 Å². The van der Waals surface area contributed by atoms with Crippen molar-refractivity contribution in [3.05, 3.63) is 53.5 Å². The highest BCUT2D eigenvalue weighted by Crippen LogP contribution is 2.27. The third-order valence-electron chi connectivity index (χ3n) is 4.77. The maximum atomic E-state index is 14.1. The minimum absolute atomic E-state index is 0.102. The summed E-state index contributed by atoms with van der Waals surface area (Å²) in [6.07, 6.45) is -3.51. The molecule has 1 N–H and O–H groups in total. The highest BCUT2D eigenvalue weighted by molar-refractivity contribution is 7.92. The lowest BCUT2D eigenvalue weighted by atomic mass is 10.1. The molecule has 32 heavy (non-hydrogen) atoms. The number of rotatable bonds is 9. The highest BCUT2D eigenvalue weighted by Gasteiger charge is 2.34. The van der Waals surface area contributed by atoms with Crippen molar-refractivity contribution in [1.29, 1.82) is 0 Å². The van der Waals surface area contributed by atoms with Gasteiger partial charge in [-0.3, -0.25) is 4.90 Å². The molecule has 1 aliphatic rings. The molecule has 1 aromatic heterocycles. The summed E-state index contributed by atoms with van der Waals surface area (Å²) in [7, 11) is -3.64. The number of aromatic nitrogens is 3. The van der Waals surface area contributed by atoms with Crippen molar-refractivity contribution < 1.29 is 35.5 Å². The molecule has 0 spiro atoms. The summed E-state index contributed by atoms with van der Waals surface area (Å²) in [5.74, 6) is -2.07. The first-order valence-electron chi connectivity index (χ1n) is 9.40. The second kappa shape index (κ2) is 9.94. The van der Waals surface area contributed by atoms with Gasteiger partial charge in [-0.2, -0.15) is 19.7 Å². The monoisotopic (exact) mass is 479 g/mol. The van der Waals surface area contributed by atoms with E-state index in [2.05, 4.69) is 26.7 Å². The van der Waals surface area contributed by atoms with Crippen LogP contribution in [-0.2, 0) is 27.9 Å². The zero-order valence-electron chi connectivity index (χ0n) is 16.8. The van der Waals surface area contributed by atoms with Gasteiger partial charge in [0.05, 0.1) is 19.4 Å². The van der Waals surface area contributed by atoms with Crippen LogP contribution in [0.15, 0.2) is 36.4 Å². The van der Waals surface area contributed by atoms with Crippen molar-refractivity contribution in [3.63, 3.8) is 0 Å². The zero-order valence-corrected chi connectivity index (χ0v) is 17.6. The zero-order chi connectivity index (χ0) is 23.4. The lowest BCUT2D eigenvalue weighted by Crippen LogP contribution is -2.55. The Morgan fingerprint density at radius 2 is 2.09 bits per heavy atom. The second-order valence-electron chi connectivity index (χ2n) is 6.98. The first-order valence-corrected chi connectivity index (χ1v) is 10.9. The molecule has 2 aromatic rings. The normalized spacial score (nSPS) is 18.6. The molecule has 1 aromatic carbocycles. The van der Waals surface area contributed by atoms with Crippen LogP contribution < -0.4 is 4.74 Å². The Bertz CT molecular complexity index is 1020. The molecular weight excluding hydrogens is 458 g/mol. The van der Waals surface area contributed by atoms with Gasteiger partial charge >= 0.3 is 6.36 Å². The van der Waals surface area contributed by atoms with E-state index in [1.54, 1.807) is 0 Å². The number of piperazine rings is 1.